The summed E-state index contributed by atoms with van der Waals surface area (Å²) in [6.07, 6.45) is 4.94. The number of nitrogens with one attached hydrogen (secondary N) is 2. The highest BCUT2D eigenvalue weighted by molar-refractivity contribution is 5.79. The zero-order chi connectivity index (χ0) is 21.1. The molecule has 162 valence electrons. The minimum atomic E-state index is -0.144. The first-order chi connectivity index (χ1) is 14.0. The van der Waals surface area contributed by atoms with Gasteiger partial charge in [-0.15, -0.1) is 0 Å². The summed E-state index contributed by atoms with van der Waals surface area (Å²) in [6.45, 7) is 6.81. The van der Waals surface area contributed by atoms with Gasteiger partial charge in [0.2, 0.25) is 5.91 Å². The van der Waals surface area contributed by atoms with E-state index in [-0.39, 0.29) is 11.8 Å². The summed E-state index contributed by atoms with van der Waals surface area (Å²) in [7, 11) is 3.51. The number of hydrogen-bond donors (Lipinski definition) is 3. The lowest BCUT2D eigenvalue weighted by Crippen LogP contribution is -2.40. The minimum absolute atomic E-state index is 0.0725. The third kappa shape index (κ3) is 7.93. The van der Waals surface area contributed by atoms with E-state index in [0.29, 0.717) is 0 Å². The third-order valence-electron chi connectivity index (χ3n) is 5.59. The Morgan fingerprint density at radius 3 is 2.62 bits per heavy atom. The van der Waals surface area contributed by atoms with Crippen molar-refractivity contribution in [1.82, 2.24) is 15.5 Å². The molecule has 1 saturated heterocycles. The minimum Gasteiger partial charge on any atom is -0.496 e. The van der Waals surface area contributed by atoms with Crippen LogP contribution in [-0.4, -0.2) is 63.6 Å². The molecule has 1 aliphatic heterocycles. The average Bonchev–Trinajstić information content (AvgIpc) is 2.73. The molecule has 1 aromatic carbocycles. The van der Waals surface area contributed by atoms with Crippen LogP contribution in [0.15, 0.2) is 23.2 Å². The molecule has 7 nitrogen and oxygen atoms in total. The van der Waals surface area contributed by atoms with Gasteiger partial charge in [-0.2, -0.15) is 0 Å². The quantitative estimate of drug-likeness (QED) is 0.314. The lowest BCUT2D eigenvalue weighted by Gasteiger charge is -2.30. The Kier molecular flexibility index (Phi) is 9.77. The zero-order valence-electron chi connectivity index (χ0n) is 18.2. The molecule has 4 N–H and O–H groups in total. The van der Waals surface area contributed by atoms with E-state index in [1.165, 1.54) is 5.56 Å². The molecular weight excluding hydrogens is 366 g/mol. The molecule has 1 amide bonds. The van der Waals surface area contributed by atoms with Gasteiger partial charge >= 0.3 is 0 Å². The number of nitrogens with two attached hydrogens (primary N) is 1. The van der Waals surface area contributed by atoms with Crippen LogP contribution in [0.2, 0.25) is 0 Å². The summed E-state index contributed by atoms with van der Waals surface area (Å²) in [4.78, 5) is 18.0. The number of amides is 1. The maximum Gasteiger partial charge on any atom is 0.220 e. The van der Waals surface area contributed by atoms with Gasteiger partial charge in [-0.05, 0) is 75.9 Å². The number of aliphatic imine (C=N–C) groups is 1. The van der Waals surface area contributed by atoms with Gasteiger partial charge in [-0.3, -0.25) is 9.79 Å². The lowest BCUT2D eigenvalue weighted by molar-refractivity contribution is -0.123. The Balaban J connectivity index is 1.57. The van der Waals surface area contributed by atoms with E-state index in [0.717, 1.165) is 82.1 Å². The normalized spacial score (nSPS) is 15.9. The van der Waals surface area contributed by atoms with Crippen molar-refractivity contribution in [3.05, 3.63) is 29.3 Å². The fourth-order valence-electron chi connectivity index (χ4n) is 3.67. The molecule has 0 spiro atoms. The molecule has 29 heavy (non-hydrogen) atoms. The monoisotopic (exact) mass is 403 g/mol. The molecular formula is C22H37N5O2. The number of piperidine rings is 1. The summed E-state index contributed by atoms with van der Waals surface area (Å²) in [5.41, 5.74) is 7.79. The van der Waals surface area contributed by atoms with Gasteiger partial charge in [0, 0.05) is 26.1 Å². The molecule has 0 radical (unpaired) electrons. The van der Waals surface area contributed by atoms with Crippen LogP contribution in [0.4, 0.5) is 0 Å². The maximum atomic E-state index is 11.2. The number of nitrogens with zero attached hydrogens (tertiary/aromatic N) is 2. The van der Waals surface area contributed by atoms with E-state index in [9.17, 15) is 4.79 Å². The van der Waals surface area contributed by atoms with Crippen molar-refractivity contribution in [3.63, 3.8) is 0 Å². The number of primary amides is 1. The van der Waals surface area contributed by atoms with Gasteiger partial charge in [0.05, 0.1) is 7.11 Å². The topological polar surface area (TPSA) is 92.0 Å². The first-order valence-corrected chi connectivity index (χ1v) is 10.6. The Morgan fingerprint density at radius 1 is 1.24 bits per heavy atom. The van der Waals surface area contributed by atoms with Crippen molar-refractivity contribution in [1.29, 1.82) is 0 Å². The van der Waals surface area contributed by atoms with Crippen LogP contribution < -0.4 is 21.1 Å². The van der Waals surface area contributed by atoms with Gasteiger partial charge in [0.15, 0.2) is 5.96 Å². The Labute approximate surface area is 175 Å². The molecule has 7 heteroatoms. The van der Waals surface area contributed by atoms with Gasteiger partial charge in [-0.25, -0.2) is 0 Å². The van der Waals surface area contributed by atoms with Gasteiger partial charge in [-0.1, -0.05) is 12.1 Å². The summed E-state index contributed by atoms with van der Waals surface area (Å²) < 4.78 is 5.39. The molecule has 1 heterocycles. The van der Waals surface area contributed by atoms with Crippen LogP contribution >= 0.6 is 0 Å². The number of methoxy groups -OCH3 is 1. The summed E-state index contributed by atoms with van der Waals surface area (Å²) >= 11 is 0. The van der Waals surface area contributed by atoms with Crippen LogP contribution in [0.25, 0.3) is 0 Å². The molecule has 1 fully saturated rings. The van der Waals surface area contributed by atoms with Crippen molar-refractivity contribution in [3.8, 4) is 5.75 Å². The SMILES string of the molecule is CN=C(NCCCCN1CCC(C(N)=O)CC1)NCCc1ccc(C)c(OC)c1. The maximum absolute atomic E-state index is 11.2. The number of carbonyl (C=O) groups excluding carboxylic acids is 1. The first kappa shape index (κ1) is 23.0. The molecule has 0 unspecified atom stereocenters. The summed E-state index contributed by atoms with van der Waals surface area (Å²) in [5.74, 6) is 1.70. The molecule has 0 bridgehead atoms. The van der Waals surface area contributed by atoms with Crippen molar-refractivity contribution in [2.24, 2.45) is 16.6 Å². The summed E-state index contributed by atoms with van der Waals surface area (Å²) in [5, 5.41) is 6.75. The second kappa shape index (κ2) is 12.3. The molecule has 0 saturated carbocycles. The number of hydrogen-bond acceptors (Lipinski definition) is 4. The number of unbranched alkanes of at least 4 members (excludes halogenated alkanes) is 1. The largest absolute Gasteiger partial charge is 0.496 e. The standard InChI is InChI=1S/C22H37N5O2/c1-17-6-7-18(16-20(17)29-3)8-12-26-22(24-2)25-11-4-5-13-27-14-9-19(10-15-27)21(23)28/h6-7,16,19H,4-5,8-15H2,1-3H3,(H2,23,28)(H2,24,25,26). The number of aryl methyl sites for hydroxylation is 1. The van der Waals surface area contributed by atoms with E-state index >= 15 is 0 Å². The molecule has 2 rings (SSSR count). The predicted molar refractivity (Wildman–Crippen MR) is 118 cm³/mol. The van der Waals surface area contributed by atoms with E-state index in [2.05, 4.69) is 45.6 Å². The van der Waals surface area contributed by atoms with Crippen molar-refractivity contribution >= 4 is 11.9 Å². The lowest BCUT2D eigenvalue weighted by atomic mass is 9.96. The van der Waals surface area contributed by atoms with Gasteiger partial charge in [0.1, 0.15) is 5.75 Å². The van der Waals surface area contributed by atoms with Crippen LogP contribution in [-0.2, 0) is 11.2 Å². The number of benzene rings is 1. The zero-order valence-corrected chi connectivity index (χ0v) is 18.2. The molecule has 0 aromatic heterocycles. The second-order valence-corrected chi connectivity index (χ2v) is 7.71. The van der Waals surface area contributed by atoms with Crippen LogP contribution in [0, 0.1) is 12.8 Å². The molecule has 1 aromatic rings. The van der Waals surface area contributed by atoms with E-state index < -0.39 is 0 Å². The van der Waals surface area contributed by atoms with E-state index in [4.69, 9.17) is 10.5 Å². The van der Waals surface area contributed by atoms with Crippen molar-refractivity contribution in [2.45, 2.75) is 39.0 Å². The summed E-state index contributed by atoms with van der Waals surface area (Å²) in [6, 6.07) is 6.33. The number of likely N-dealkylation sites (tertiary alicyclic amines) is 1. The van der Waals surface area contributed by atoms with E-state index in [1.54, 1.807) is 14.2 Å². The highest BCUT2D eigenvalue weighted by Crippen LogP contribution is 2.19. The molecule has 0 atom stereocenters. The van der Waals surface area contributed by atoms with Crippen molar-refractivity contribution in [2.75, 3.05) is 46.9 Å². The number of guanidine groups is 1. The Hall–Kier alpha value is -2.28. The fraction of sp³-hybridized carbons (Fsp3) is 0.636. The average molecular weight is 404 g/mol. The first-order valence-electron chi connectivity index (χ1n) is 10.6. The third-order valence-corrected chi connectivity index (χ3v) is 5.59. The molecule has 1 aliphatic rings. The van der Waals surface area contributed by atoms with Gasteiger partial charge < -0.3 is 26.0 Å². The number of ether oxygens (including phenoxy) is 1. The Morgan fingerprint density at radius 2 is 1.97 bits per heavy atom. The fourth-order valence-corrected chi connectivity index (χ4v) is 3.67. The highest BCUT2D eigenvalue weighted by Gasteiger charge is 2.22. The molecule has 0 aliphatic carbocycles. The Bertz CT molecular complexity index is 669. The highest BCUT2D eigenvalue weighted by atomic mass is 16.5. The van der Waals surface area contributed by atoms with E-state index in [1.807, 2.05) is 0 Å². The smallest absolute Gasteiger partial charge is 0.220 e. The van der Waals surface area contributed by atoms with Crippen LogP contribution in [0.3, 0.4) is 0 Å². The van der Waals surface area contributed by atoms with Crippen molar-refractivity contribution < 1.29 is 9.53 Å². The van der Waals surface area contributed by atoms with Crippen LogP contribution in [0.1, 0.15) is 36.8 Å². The van der Waals surface area contributed by atoms with Crippen LogP contribution in [0.5, 0.6) is 5.75 Å². The predicted octanol–water partition coefficient (Wildman–Crippen LogP) is 1.69. The number of carbonyl (C=O) groups is 1. The second-order valence-electron chi connectivity index (χ2n) is 7.71. The van der Waals surface area contributed by atoms with Gasteiger partial charge in [0.25, 0.3) is 0 Å². The number of rotatable bonds is 10.